The van der Waals surface area contributed by atoms with Crippen molar-refractivity contribution in [3.05, 3.63) is 54.1 Å². The predicted octanol–water partition coefficient (Wildman–Crippen LogP) is 3.12. The number of carbonyl (C=O) groups is 1. The summed E-state index contributed by atoms with van der Waals surface area (Å²) >= 11 is 0. The minimum Gasteiger partial charge on any atom is -0.457 e. The average molecular weight is 356 g/mol. The van der Waals surface area contributed by atoms with E-state index >= 15 is 0 Å². The molecule has 0 aliphatic carbocycles. The van der Waals surface area contributed by atoms with E-state index in [9.17, 15) is 4.79 Å². The van der Waals surface area contributed by atoms with Gasteiger partial charge < -0.3 is 14.9 Å². The molecule has 0 unspecified atom stereocenters. The highest BCUT2D eigenvalue weighted by Gasteiger charge is 2.19. The fourth-order valence-electron chi connectivity index (χ4n) is 2.32. The highest BCUT2D eigenvalue weighted by molar-refractivity contribution is 6.88. The summed E-state index contributed by atoms with van der Waals surface area (Å²) < 4.78 is 6.00. The van der Waals surface area contributed by atoms with Crippen LogP contribution in [0.2, 0.25) is 19.6 Å². The van der Waals surface area contributed by atoms with Crippen LogP contribution in [-0.2, 0) is 9.63 Å². The number of para-hydroxylation sites is 1. The van der Waals surface area contributed by atoms with Gasteiger partial charge in [-0.25, -0.2) is 0 Å². The Labute approximate surface area is 149 Å². The molecule has 0 saturated carbocycles. The number of rotatable bonds is 6. The molecule has 0 bridgehead atoms. The third-order valence-electron chi connectivity index (χ3n) is 3.72. The molecule has 132 valence electrons. The van der Waals surface area contributed by atoms with Crippen LogP contribution in [0, 0.1) is 0 Å². The molecule has 0 aliphatic rings. The highest BCUT2D eigenvalue weighted by atomic mass is 28.3. The molecule has 2 aromatic carbocycles. The summed E-state index contributed by atoms with van der Waals surface area (Å²) in [5, 5.41) is 7.77. The van der Waals surface area contributed by atoms with E-state index in [1.54, 1.807) is 19.2 Å². The first kappa shape index (κ1) is 18.7. The van der Waals surface area contributed by atoms with Crippen molar-refractivity contribution in [2.75, 3.05) is 14.2 Å². The van der Waals surface area contributed by atoms with E-state index in [1.165, 1.54) is 12.3 Å². The van der Waals surface area contributed by atoms with E-state index in [2.05, 4.69) is 42.2 Å². The zero-order valence-electron chi connectivity index (χ0n) is 15.3. The number of likely N-dealkylation sites (N-methyl/N-ethyl adjacent to an activating group) is 1. The zero-order valence-corrected chi connectivity index (χ0v) is 16.3. The Hall–Kier alpha value is -2.60. The van der Waals surface area contributed by atoms with Crippen LogP contribution in [0.3, 0.4) is 0 Å². The van der Waals surface area contributed by atoms with Crippen molar-refractivity contribution in [1.29, 1.82) is 0 Å². The molecule has 0 fully saturated rings. The second-order valence-electron chi connectivity index (χ2n) is 6.57. The molecule has 0 radical (unpaired) electrons. The van der Waals surface area contributed by atoms with E-state index in [0.29, 0.717) is 17.1 Å². The standard InChI is InChI=1S/C19H24N2O3Si/c1-20-19(22)18(21-23-2)16-8-6-7-9-17(16)24-14-10-12-15(13-11-14)25(3,4)5/h6-13H,1-5H3,(H,20,22). The monoisotopic (exact) mass is 356 g/mol. The Morgan fingerprint density at radius 2 is 1.68 bits per heavy atom. The molecule has 1 N–H and O–H groups in total. The Bertz CT molecular complexity index is 765. The summed E-state index contributed by atoms with van der Waals surface area (Å²) in [6, 6.07) is 15.4. The Morgan fingerprint density at radius 1 is 1.04 bits per heavy atom. The lowest BCUT2D eigenvalue weighted by atomic mass is 10.1. The fraction of sp³-hybridized carbons (Fsp3) is 0.263. The van der Waals surface area contributed by atoms with Crippen LogP contribution in [0.4, 0.5) is 0 Å². The molecule has 6 heteroatoms. The van der Waals surface area contributed by atoms with Gasteiger partial charge in [0.15, 0.2) is 5.71 Å². The molecule has 5 nitrogen and oxygen atoms in total. The maximum atomic E-state index is 12.1. The maximum Gasteiger partial charge on any atom is 0.273 e. The van der Waals surface area contributed by atoms with E-state index in [0.717, 1.165) is 0 Å². The van der Waals surface area contributed by atoms with Crippen LogP contribution < -0.4 is 15.2 Å². The van der Waals surface area contributed by atoms with Gasteiger partial charge >= 0.3 is 0 Å². The highest BCUT2D eigenvalue weighted by Crippen LogP contribution is 2.26. The molecule has 0 saturated heterocycles. The van der Waals surface area contributed by atoms with Gasteiger partial charge in [0.25, 0.3) is 5.91 Å². The third-order valence-corrected chi connectivity index (χ3v) is 5.78. The lowest BCUT2D eigenvalue weighted by Gasteiger charge is -2.17. The van der Waals surface area contributed by atoms with Crippen LogP contribution in [0.5, 0.6) is 11.5 Å². The number of carbonyl (C=O) groups excluding carboxylic acids is 1. The van der Waals surface area contributed by atoms with Crippen LogP contribution in [0.15, 0.2) is 53.7 Å². The van der Waals surface area contributed by atoms with E-state index in [1.807, 2.05) is 24.3 Å². The number of benzene rings is 2. The first-order valence-corrected chi connectivity index (χ1v) is 11.6. The second kappa shape index (κ2) is 7.98. The van der Waals surface area contributed by atoms with Gasteiger partial charge in [-0.3, -0.25) is 4.79 Å². The van der Waals surface area contributed by atoms with Crippen molar-refractivity contribution in [3.8, 4) is 11.5 Å². The largest absolute Gasteiger partial charge is 0.457 e. The topological polar surface area (TPSA) is 59.9 Å². The first-order valence-electron chi connectivity index (χ1n) is 8.08. The Morgan fingerprint density at radius 3 is 2.24 bits per heavy atom. The van der Waals surface area contributed by atoms with E-state index in [4.69, 9.17) is 9.57 Å². The SMILES string of the molecule is CNC(=O)C(=NOC)c1ccccc1Oc1ccc([Si](C)(C)C)cc1. The van der Waals surface area contributed by atoms with Crippen molar-refractivity contribution in [2.24, 2.45) is 5.16 Å². The molecule has 2 aromatic rings. The van der Waals surface area contributed by atoms with Gasteiger partial charge in [-0.05, 0) is 24.3 Å². The molecular weight excluding hydrogens is 332 g/mol. The van der Waals surface area contributed by atoms with Crippen molar-refractivity contribution >= 4 is 24.9 Å². The quantitative estimate of drug-likeness (QED) is 0.491. The molecule has 1 amide bonds. The normalized spacial score (nSPS) is 11.8. The molecule has 0 heterocycles. The molecule has 0 aliphatic heterocycles. The Kier molecular flexibility index (Phi) is 5.98. The van der Waals surface area contributed by atoms with Crippen LogP contribution >= 0.6 is 0 Å². The molecule has 0 atom stereocenters. The average Bonchev–Trinajstić information content (AvgIpc) is 2.59. The summed E-state index contributed by atoms with van der Waals surface area (Å²) in [5.74, 6) is 0.915. The van der Waals surface area contributed by atoms with Gasteiger partial charge in [0, 0.05) is 7.05 Å². The number of nitrogens with zero attached hydrogens (tertiary/aromatic N) is 1. The van der Waals surface area contributed by atoms with E-state index in [-0.39, 0.29) is 11.6 Å². The van der Waals surface area contributed by atoms with Gasteiger partial charge in [0.1, 0.15) is 18.6 Å². The molecule has 25 heavy (non-hydrogen) atoms. The van der Waals surface area contributed by atoms with Gasteiger partial charge in [-0.2, -0.15) is 0 Å². The van der Waals surface area contributed by atoms with Crippen molar-refractivity contribution in [1.82, 2.24) is 5.32 Å². The number of ether oxygens (including phenoxy) is 1. The summed E-state index contributed by atoms with van der Waals surface area (Å²) in [6.07, 6.45) is 0. The van der Waals surface area contributed by atoms with Crippen LogP contribution in [-0.4, -0.2) is 33.9 Å². The second-order valence-corrected chi connectivity index (χ2v) is 11.7. The van der Waals surface area contributed by atoms with Crippen molar-refractivity contribution < 1.29 is 14.4 Å². The lowest BCUT2D eigenvalue weighted by Crippen LogP contribution is -2.37. The van der Waals surface area contributed by atoms with Crippen molar-refractivity contribution in [3.63, 3.8) is 0 Å². The van der Waals surface area contributed by atoms with Gasteiger partial charge in [-0.15, -0.1) is 0 Å². The number of nitrogens with one attached hydrogen (secondary N) is 1. The van der Waals surface area contributed by atoms with Crippen molar-refractivity contribution in [2.45, 2.75) is 19.6 Å². The van der Waals surface area contributed by atoms with Crippen LogP contribution in [0.1, 0.15) is 5.56 Å². The number of hydrogen-bond acceptors (Lipinski definition) is 4. The van der Waals surface area contributed by atoms with Gasteiger partial charge in [-0.1, -0.05) is 54.2 Å². The smallest absolute Gasteiger partial charge is 0.273 e. The molecule has 0 spiro atoms. The van der Waals surface area contributed by atoms with Gasteiger partial charge in [0.2, 0.25) is 0 Å². The zero-order chi connectivity index (χ0) is 18.4. The number of oxime groups is 1. The molecular formula is C19H24N2O3Si. The summed E-state index contributed by atoms with van der Waals surface area (Å²) in [6.45, 7) is 6.90. The van der Waals surface area contributed by atoms with E-state index < -0.39 is 8.07 Å². The Balaban J connectivity index is 2.35. The lowest BCUT2D eigenvalue weighted by molar-refractivity contribution is -0.114. The number of amides is 1. The summed E-state index contributed by atoms with van der Waals surface area (Å²) in [4.78, 5) is 16.9. The minimum absolute atomic E-state index is 0.166. The summed E-state index contributed by atoms with van der Waals surface area (Å²) in [5.41, 5.74) is 0.734. The maximum absolute atomic E-state index is 12.1. The molecule has 2 rings (SSSR count). The van der Waals surface area contributed by atoms with Crippen LogP contribution in [0.25, 0.3) is 0 Å². The molecule has 0 aromatic heterocycles. The predicted molar refractivity (Wildman–Crippen MR) is 104 cm³/mol. The first-order chi connectivity index (χ1) is 11.9. The third kappa shape index (κ3) is 4.70. The minimum atomic E-state index is -1.35. The van der Waals surface area contributed by atoms with Gasteiger partial charge in [0.05, 0.1) is 13.6 Å². The number of hydrogen-bond donors (Lipinski definition) is 1. The fourth-order valence-corrected chi connectivity index (χ4v) is 3.49. The summed E-state index contributed by atoms with van der Waals surface area (Å²) in [7, 11) is 1.60.